The van der Waals surface area contributed by atoms with E-state index in [2.05, 4.69) is 25.8 Å². The van der Waals surface area contributed by atoms with Gasteiger partial charge in [0, 0.05) is 30.3 Å². The summed E-state index contributed by atoms with van der Waals surface area (Å²) in [6, 6.07) is 5.08. The van der Waals surface area contributed by atoms with Crippen molar-refractivity contribution in [2.24, 2.45) is 7.05 Å². The van der Waals surface area contributed by atoms with Gasteiger partial charge in [-0.1, -0.05) is 13.8 Å². The summed E-state index contributed by atoms with van der Waals surface area (Å²) in [4.78, 5) is 27.6. The highest BCUT2D eigenvalue weighted by Gasteiger charge is 2.21. The van der Waals surface area contributed by atoms with Gasteiger partial charge in [0.15, 0.2) is 11.6 Å². The molecule has 0 aliphatic rings. The Morgan fingerprint density at radius 1 is 1.34 bits per heavy atom. The lowest BCUT2D eigenvalue weighted by molar-refractivity contribution is -0.384. The zero-order valence-corrected chi connectivity index (χ0v) is 16.5. The second kappa shape index (κ2) is 8.31. The standard InChI is InChI=1S/C17H16FN7O3S/c1-9(2)10-6-13(18)15(19-8-10)20-16(26)12-7-11(25(27)28)4-5-14(12)29-17-21-22-23-24(17)3/h4-9H,1-3H3,(H,19,20,26). The molecule has 10 nitrogen and oxygen atoms in total. The van der Waals surface area contributed by atoms with Crippen LogP contribution in [-0.2, 0) is 7.05 Å². The summed E-state index contributed by atoms with van der Waals surface area (Å²) in [6.45, 7) is 3.78. The molecular formula is C17H16FN7O3S. The van der Waals surface area contributed by atoms with E-state index in [0.717, 1.165) is 17.8 Å². The molecule has 2 heterocycles. The molecule has 0 radical (unpaired) electrons. The average Bonchev–Trinajstić information content (AvgIpc) is 3.07. The van der Waals surface area contributed by atoms with Crippen LogP contribution in [0, 0.1) is 15.9 Å². The number of nitrogens with one attached hydrogen (secondary N) is 1. The van der Waals surface area contributed by atoms with Gasteiger partial charge in [0.05, 0.1) is 10.5 Å². The topological polar surface area (TPSA) is 129 Å². The van der Waals surface area contributed by atoms with Crippen LogP contribution in [0.25, 0.3) is 0 Å². The lowest BCUT2D eigenvalue weighted by Crippen LogP contribution is -2.16. The fourth-order valence-corrected chi connectivity index (χ4v) is 3.18. The number of halogens is 1. The number of aryl methyl sites for hydroxylation is 1. The van der Waals surface area contributed by atoms with Gasteiger partial charge in [-0.2, -0.15) is 0 Å². The lowest BCUT2D eigenvalue weighted by atomic mass is 10.1. The molecule has 2 aromatic heterocycles. The quantitative estimate of drug-likeness (QED) is 0.478. The molecule has 0 bridgehead atoms. The van der Waals surface area contributed by atoms with Crippen molar-refractivity contribution in [3.8, 4) is 0 Å². The molecule has 150 valence electrons. The maximum Gasteiger partial charge on any atom is 0.270 e. The number of tetrazole rings is 1. The first kappa shape index (κ1) is 20.3. The van der Waals surface area contributed by atoms with Crippen LogP contribution in [0.15, 0.2) is 40.5 Å². The number of nitro groups is 1. The smallest absolute Gasteiger partial charge is 0.270 e. The van der Waals surface area contributed by atoms with Crippen LogP contribution in [-0.4, -0.2) is 36.0 Å². The Hall–Kier alpha value is -3.41. The molecule has 0 aliphatic carbocycles. The van der Waals surface area contributed by atoms with Gasteiger partial charge < -0.3 is 5.32 Å². The molecule has 3 aromatic rings. The predicted octanol–water partition coefficient (Wildman–Crippen LogP) is 3.18. The minimum Gasteiger partial charge on any atom is -0.304 e. The number of aromatic nitrogens is 5. The van der Waals surface area contributed by atoms with Gasteiger partial charge in [-0.3, -0.25) is 14.9 Å². The minimum absolute atomic E-state index is 0.0265. The fraction of sp³-hybridized carbons (Fsp3) is 0.235. The maximum absolute atomic E-state index is 14.3. The third-order valence-corrected chi connectivity index (χ3v) is 5.07. The molecule has 29 heavy (non-hydrogen) atoms. The molecule has 0 saturated carbocycles. The summed E-state index contributed by atoms with van der Waals surface area (Å²) in [7, 11) is 1.61. The number of hydrogen-bond acceptors (Lipinski definition) is 8. The first-order valence-corrected chi connectivity index (χ1v) is 9.23. The molecule has 0 unspecified atom stereocenters. The first-order chi connectivity index (χ1) is 13.8. The first-order valence-electron chi connectivity index (χ1n) is 8.41. The highest BCUT2D eigenvalue weighted by Crippen LogP contribution is 2.31. The zero-order valence-electron chi connectivity index (χ0n) is 15.7. The number of anilines is 1. The summed E-state index contributed by atoms with van der Waals surface area (Å²) in [5.74, 6) is -1.62. The number of carbonyl (C=O) groups is 1. The number of pyridine rings is 1. The van der Waals surface area contributed by atoms with E-state index in [-0.39, 0.29) is 23.0 Å². The van der Waals surface area contributed by atoms with Crippen LogP contribution >= 0.6 is 11.8 Å². The molecule has 0 saturated heterocycles. The Labute approximate surface area is 168 Å². The maximum atomic E-state index is 14.3. The number of nitro benzene ring substituents is 1. The molecule has 0 fully saturated rings. The molecule has 1 N–H and O–H groups in total. The summed E-state index contributed by atoms with van der Waals surface area (Å²) in [6.07, 6.45) is 1.47. The van der Waals surface area contributed by atoms with Crippen molar-refractivity contribution in [1.29, 1.82) is 0 Å². The zero-order chi connectivity index (χ0) is 21.1. The Kier molecular flexibility index (Phi) is 5.82. The van der Waals surface area contributed by atoms with Crippen molar-refractivity contribution in [2.45, 2.75) is 29.8 Å². The highest BCUT2D eigenvalue weighted by atomic mass is 32.2. The largest absolute Gasteiger partial charge is 0.304 e. The van der Waals surface area contributed by atoms with Crippen molar-refractivity contribution in [3.63, 3.8) is 0 Å². The Morgan fingerprint density at radius 2 is 2.10 bits per heavy atom. The highest BCUT2D eigenvalue weighted by molar-refractivity contribution is 7.99. The minimum atomic E-state index is -0.741. The number of nitrogens with zero attached hydrogens (tertiary/aromatic N) is 6. The fourth-order valence-electron chi connectivity index (χ4n) is 2.34. The van der Waals surface area contributed by atoms with E-state index in [1.54, 1.807) is 7.05 Å². The van der Waals surface area contributed by atoms with Crippen LogP contribution in [0.2, 0.25) is 0 Å². The van der Waals surface area contributed by atoms with Gasteiger partial charge in [-0.15, -0.1) is 5.10 Å². The molecule has 1 aromatic carbocycles. The second-order valence-electron chi connectivity index (χ2n) is 6.33. The van der Waals surface area contributed by atoms with Crippen molar-refractivity contribution < 1.29 is 14.1 Å². The SMILES string of the molecule is CC(C)c1cnc(NC(=O)c2cc([N+](=O)[O-])ccc2Sc2nnnn2C)c(F)c1. The number of rotatable bonds is 6. The third-order valence-electron chi connectivity index (χ3n) is 3.96. The Balaban J connectivity index is 1.95. The van der Waals surface area contributed by atoms with Gasteiger partial charge in [0.1, 0.15) is 0 Å². The van der Waals surface area contributed by atoms with Crippen molar-refractivity contribution in [3.05, 3.63) is 57.5 Å². The Morgan fingerprint density at radius 3 is 2.69 bits per heavy atom. The number of amides is 1. The number of benzene rings is 1. The molecular weight excluding hydrogens is 401 g/mol. The monoisotopic (exact) mass is 417 g/mol. The van der Waals surface area contributed by atoms with E-state index in [9.17, 15) is 19.3 Å². The van der Waals surface area contributed by atoms with Crippen LogP contribution in [0.1, 0.15) is 35.7 Å². The molecule has 0 atom stereocenters. The molecule has 0 aliphatic heterocycles. The van der Waals surface area contributed by atoms with Gasteiger partial charge in [-0.05, 0) is 45.8 Å². The normalized spacial score (nSPS) is 10.9. The van der Waals surface area contributed by atoms with Gasteiger partial charge in [0.25, 0.3) is 11.6 Å². The lowest BCUT2D eigenvalue weighted by Gasteiger charge is -2.11. The van der Waals surface area contributed by atoms with Crippen LogP contribution in [0.3, 0.4) is 0 Å². The van der Waals surface area contributed by atoms with Gasteiger partial charge in [0.2, 0.25) is 5.16 Å². The molecule has 1 amide bonds. The predicted molar refractivity (Wildman–Crippen MR) is 102 cm³/mol. The van der Waals surface area contributed by atoms with Crippen molar-refractivity contribution in [1.82, 2.24) is 25.2 Å². The molecule has 12 heteroatoms. The van der Waals surface area contributed by atoms with E-state index >= 15 is 0 Å². The number of carbonyl (C=O) groups excluding carboxylic acids is 1. The van der Waals surface area contributed by atoms with E-state index in [4.69, 9.17) is 0 Å². The summed E-state index contributed by atoms with van der Waals surface area (Å²) in [5.41, 5.74) is 0.377. The van der Waals surface area contributed by atoms with Crippen LogP contribution in [0.5, 0.6) is 0 Å². The Bertz CT molecular complexity index is 1090. The third kappa shape index (κ3) is 4.54. The van der Waals surface area contributed by atoms with Gasteiger partial charge >= 0.3 is 0 Å². The van der Waals surface area contributed by atoms with E-state index in [1.807, 2.05) is 13.8 Å². The van der Waals surface area contributed by atoms with E-state index in [0.29, 0.717) is 15.6 Å². The summed E-state index contributed by atoms with van der Waals surface area (Å²) in [5, 5.41) is 24.9. The second-order valence-corrected chi connectivity index (χ2v) is 7.34. The molecule has 0 spiro atoms. The molecule has 3 rings (SSSR count). The van der Waals surface area contributed by atoms with Crippen molar-refractivity contribution in [2.75, 3.05) is 5.32 Å². The average molecular weight is 417 g/mol. The number of hydrogen-bond donors (Lipinski definition) is 1. The summed E-state index contributed by atoms with van der Waals surface area (Å²) >= 11 is 1.05. The van der Waals surface area contributed by atoms with Crippen molar-refractivity contribution >= 4 is 29.2 Å². The summed E-state index contributed by atoms with van der Waals surface area (Å²) < 4.78 is 15.7. The van der Waals surface area contributed by atoms with Crippen LogP contribution in [0.4, 0.5) is 15.9 Å². The van der Waals surface area contributed by atoms with E-state index < -0.39 is 16.6 Å². The van der Waals surface area contributed by atoms with E-state index in [1.165, 1.54) is 29.1 Å². The van der Waals surface area contributed by atoms with Crippen LogP contribution < -0.4 is 5.32 Å². The van der Waals surface area contributed by atoms with Gasteiger partial charge in [-0.25, -0.2) is 14.1 Å². The number of non-ortho nitro benzene ring substituents is 1.